The van der Waals surface area contributed by atoms with Crippen LogP contribution in [0.4, 0.5) is 0 Å². The van der Waals surface area contributed by atoms with E-state index < -0.39 is 5.69 Å². The van der Waals surface area contributed by atoms with Crippen molar-refractivity contribution in [2.75, 3.05) is 20.6 Å². The van der Waals surface area contributed by atoms with Gasteiger partial charge < -0.3 is 21.9 Å². The van der Waals surface area contributed by atoms with E-state index in [0.717, 1.165) is 18.5 Å². The molecule has 0 fully saturated rings. The Morgan fingerprint density at radius 1 is 1.16 bits per heavy atom. The number of rotatable bonds is 6. The molecule has 0 saturated heterocycles. The molecule has 3 rings (SSSR count). The Kier molecular flexibility index (Phi) is 6.17. The molecule has 0 aliphatic heterocycles. The van der Waals surface area contributed by atoms with Gasteiger partial charge in [-0.3, -0.25) is 14.3 Å². The molecular weight excluding hydrogens is 342 g/mol. The Labute approximate surface area is 151 Å². The van der Waals surface area contributed by atoms with Crippen LogP contribution in [0.3, 0.4) is 0 Å². The normalized spacial score (nSPS) is 11.0. The number of hydrogen-bond acceptors (Lipinski definition) is 4. The lowest BCUT2D eigenvalue weighted by atomic mass is 10.2. The topological polar surface area (TPSA) is 75.9 Å². The molecule has 8 heteroatoms. The molecule has 134 valence electrons. The fourth-order valence-electron chi connectivity index (χ4n) is 2.76. The maximum Gasteiger partial charge on any atom is 0.330 e. The maximum atomic E-state index is 12.2. The van der Waals surface area contributed by atoms with Gasteiger partial charge in [-0.15, -0.1) is 0 Å². The van der Waals surface area contributed by atoms with Crippen LogP contribution in [-0.4, -0.2) is 44.6 Å². The minimum absolute atomic E-state index is 0. The van der Waals surface area contributed by atoms with Crippen molar-refractivity contribution in [2.45, 2.75) is 19.5 Å². The van der Waals surface area contributed by atoms with Gasteiger partial charge in [-0.05, 0) is 32.6 Å². The lowest BCUT2D eigenvalue weighted by Gasteiger charge is -2.10. The quantitative estimate of drug-likeness (QED) is 0.544. The number of nitrogens with zero attached hydrogens (tertiary/aromatic N) is 4. The highest BCUT2D eigenvalue weighted by atomic mass is 35.5. The van der Waals surface area contributed by atoms with Crippen LogP contribution in [0.1, 0.15) is 12.0 Å². The van der Waals surface area contributed by atoms with Crippen LogP contribution in [0.25, 0.3) is 11.2 Å². The number of aromatic amines is 1. The van der Waals surface area contributed by atoms with Crippen LogP contribution in [0.15, 0.2) is 46.2 Å². The molecule has 0 aliphatic carbocycles. The zero-order valence-corrected chi connectivity index (χ0v) is 15.0. The Morgan fingerprint density at radius 3 is 2.56 bits per heavy atom. The van der Waals surface area contributed by atoms with Crippen LogP contribution >= 0.6 is 0 Å². The fraction of sp³-hybridized carbons (Fsp3) is 0.353. The number of nitrogens with one attached hydrogen (secondary N) is 1. The third-order valence-electron chi connectivity index (χ3n) is 3.94. The van der Waals surface area contributed by atoms with Crippen LogP contribution in [0.2, 0.25) is 0 Å². The summed E-state index contributed by atoms with van der Waals surface area (Å²) in [5.74, 6) is 0. The number of aromatic nitrogens is 4. The summed E-state index contributed by atoms with van der Waals surface area (Å²) >= 11 is 0. The molecule has 0 saturated carbocycles. The Morgan fingerprint density at radius 2 is 1.88 bits per heavy atom. The Balaban J connectivity index is 0.00000225. The molecule has 0 unspecified atom stereocenters. The van der Waals surface area contributed by atoms with Gasteiger partial charge >= 0.3 is 5.69 Å². The number of H-pyrrole nitrogens is 1. The molecule has 2 aromatic heterocycles. The third kappa shape index (κ3) is 4.18. The number of aryl methyl sites for hydroxylation is 1. The molecule has 0 spiro atoms. The van der Waals surface area contributed by atoms with Crippen LogP contribution < -0.4 is 23.7 Å². The summed E-state index contributed by atoms with van der Waals surface area (Å²) in [6.07, 6.45) is 2.53. The van der Waals surface area contributed by atoms with E-state index in [1.54, 1.807) is 6.33 Å². The fourth-order valence-corrected chi connectivity index (χ4v) is 2.76. The summed E-state index contributed by atoms with van der Waals surface area (Å²) in [7, 11) is 4.02. The third-order valence-corrected chi connectivity index (χ3v) is 3.94. The van der Waals surface area contributed by atoms with Crippen molar-refractivity contribution in [3.8, 4) is 0 Å². The molecule has 1 N–H and O–H groups in total. The highest BCUT2D eigenvalue weighted by Crippen LogP contribution is 2.09. The molecule has 25 heavy (non-hydrogen) atoms. The summed E-state index contributed by atoms with van der Waals surface area (Å²) in [5.41, 5.74) is 1.04. The largest absolute Gasteiger partial charge is 1.00 e. The summed E-state index contributed by atoms with van der Waals surface area (Å²) < 4.78 is 3.33. The molecule has 0 radical (unpaired) electrons. The van der Waals surface area contributed by atoms with Gasteiger partial charge in [0.2, 0.25) is 0 Å². The van der Waals surface area contributed by atoms with E-state index >= 15 is 0 Å². The van der Waals surface area contributed by atoms with Crippen molar-refractivity contribution in [2.24, 2.45) is 0 Å². The van der Waals surface area contributed by atoms with E-state index in [1.807, 2.05) is 49.0 Å². The summed E-state index contributed by atoms with van der Waals surface area (Å²) in [4.78, 5) is 33.3. The first-order valence-electron chi connectivity index (χ1n) is 7.93. The minimum Gasteiger partial charge on any atom is -1.00 e. The van der Waals surface area contributed by atoms with Gasteiger partial charge in [0.25, 0.3) is 5.56 Å². The first-order chi connectivity index (χ1) is 11.6. The van der Waals surface area contributed by atoms with Gasteiger partial charge in [0.05, 0.1) is 12.9 Å². The highest BCUT2D eigenvalue weighted by Gasteiger charge is 2.13. The Bertz CT molecular complexity index is 943. The van der Waals surface area contributed by atoms with Gasteiger partial charge in [0.1, 0.15) is 0 Å². The van der Waals surface area contributed by atoms with E-state index in [1.165, 1.54) is 4.57 Å². The summed E-state index contributed by atoms with van der Waals surface area (Å²) in [5, 5.41) is 0. The number of imidazole rings is 1. The molecule has 0 atom stereocenters. The van der Waals surface area contributed by atoms with Gasteiger partial charge in [0, 0.05) is 6.54 Å². The highest BCUT2D eigenvalue weighted by molar-refractivity contribution is 5.70. The summed E-state index contributed by atoms with van der Waals surface area (Å²) in [6.45, 7) is 1.98. The van der Waals surface area contributed by atoms with Crippen LogP contribution in [-0.2, 0) is 13.1 Å². The molecule has 0 bridgehead atoms. The van der Waals surface area contributed by atoms with Gasteiger partial charge in [-0.25, -0.2) is 9.78 Å². The van der Waals surface area contributed by atoms with Crippen molar-refractivity contribution < 1.29 is 12.4 Å². The number of fused-ring (bicyclic) bond motifs is 1. The van der Waals surface area contributed by atoms with Gasteiger partial charge in [-0.2, -0.15) is 0 Å². The zero-order valence-electron chi connectivity index (χ0n) is 14.3. The van der Waals surface area contributed by atoms with E-state index in [4.69, 9.17) is 0 Å². The van der Waals surface area contributed by atoms with Crippen LogP contribution in [0, 0.1) is 0 Å². The Hall–Kier alpha value is -2.38. The van der Waals surface area contributed by atoms with Crippen LogP contribution in [0.5, 0.6) is 0 Å². The second kappa shape index (κ2) is 8.13. The lowest BCUT2D eigenvalue weighted by Crippen LogP contribution is -3.00. The molecular formula is C17H21ClN5O2-. The first-order valence-corrected chi connectivity index (χ1v) is 7.93. The van der Waals surface area contributed by atoms with Crippen molar-refractivity contribution in [1.82, 2.24) is 24.0 Å². The molecule has 1 aromatic carbocycles. The molecule has 0 aliphatic rings. The monoisotopic (exact) mass is 362 g/mol. The predicted octanol–water partition coefficient (Wildman–Crippen LogP) is -2.11. The second-order valence-electron chi connectivity index (χ2n) is 6.10. The first kappa shape index (κ1) is 19.0. The van der Waals surface area contributed by atoms with E-state index in [9.17, 15) is 9.59 Å². The number of benzene rings is 1. The van der Waals surface area contributed by atoms with Crippen molar-refractivity contribution in [3.63, 3.8) is 0 Å². The molecule has 2 heterocycles. The van der Waals surface area contributed by atoms with Gasteiger partial charge in [0.15, 0.2) is 11.2 Å². The predicted molar refractivity (Wildman–Crippen MR) is 93.3 cm³/mol. The SMILES string of the molecule is CN(C)CCCn1cnc2c1c(=O)[nH]c(=O)n2Cc1ccccc1.[Cl-]. The van der Waals surface area contributed by atoms with E-state index in [-0.39, 0.29) is 18.0 Å². The lowest BCUT2D eigenvalue weighted by molar-refractivity contribution is -0.00000525. The summed E-state index contributed by atoms with van der Waals surface area (Å²) in [6, 6.07) is 9.65. The van der Waals surface area contributed by atoms with Crippen molar-refractivity contribution in [1.29, 1.82) is 0 Å². The zero-order chi connectivity index (χ0) is 17.1. The van der Waals surface area contributed by atoms with Gasteiger partial charge in [-0.1, -0.05) is 30.3 Å². The van der Waals surface area contributed by atoms with Crippen molar-refractivity contribution >= 4 is 11.2 Å². The number of hydrogen-bond donors (Lipinski definition) is 1. The van der Waals surface area contributed by atoms with E-state index in [0.29, 0.717) is 24.3 Å². The molecule has 0 amide bonds. The average Bonchev–Trinajstić information content (AvgIpc) is 2.96. The maximum absolute atomic E-state index is 12.2. The average molecular weight is 363 g/mol. The smallest absolute Gasteiger partial charge is 0.330 e. The second-order valence-corrected chi connectivity index (χ2v) is 6.10. The molecule has 7 nitrogen and oxygen atoms in total. The number of halogens is 1. The minimum atomic E-state index is -0.435. The molecule has 3 aromatic rings. The van der Waals surface area contributed by atoms with Crippen molar-refractivity contribution in [3.05, 3.63) is 63.1 Å². The van der Waals surface area contributed by atoms with E-state index in [2.05, 4.69) is 14.9 Å². The standard InChI is InChI=1S/C17H21N5O2.ClH/c1-20(2)9-6-10-21-12-18-15-14(21)16(23)19-17(24)22(15)11-13-7-4-3-5-8-13;/h3-5,7-8,12H,6,9-11H2,1-2H3,(H,19,23,24);1H/p-1.